The summed E-state index contributed by atoms with van der Waals surface area (Å²) in [4.78, 5) is 4.41. The Morgan fingerprint density at radius 3 is 3.23 bits per heavy atom. The third kappa shape index (κ3) is 2.07. The maximum atomic E-state index is 4.41. The minimum atomic E-state index is 0.800. The number of rotatable bonds is 2. The molecule has 1 fully saturated rings. The Morgan fingerprint density at radius 1 is 1.62 bits per heavy atom. The molecule has 1 N–H and O–H groups in total. The molecule has 2 heteroatoms. The van der Waals surface area contributed by atoms with Gasteiger partial charge in [-0.25, -0.2) is 0 Å². The second kappa shape index (κ2) is 3.88. The molecular weight excluding hydrogens is 160 g/mol. The molecule has 0 aliphatic carbocycles. The van der Waals surface area contributed by atoms with Gasteiger partial charge in [0.05, 0.1) is 0 Å². The van der Waals surface area contributed by atoms with E-state index in [0.717, 1.165) is 18.9 Å². The van der Waals surface area contributed by atoms with Crippen molar-refractivity contribution >= 4 is 0 Å². The Labute approximate surface area is 79.4 Å². The molecule has 1 unspecified atom stereocenters. The van der Waals surface area contributed by atoms with Gasteiger partial charge in [0.2, 0.25) is 0 Å². The highest BCUT2D eigenvalue weighted by Gasteiger charge is 2.15. The monoisotopic (exact) mass is 176 g/mol. The van der Waals surface area contributed by atoms with Crippen LogP contribution in [0.3, 0.4) is 0 Å². The summed E-state index contributed by atoms with van der Waals surface area (Å²) in [6.45, 7) is 4.48. The first-order valence-corrected chi connectivity index (χ1v) is 4.97. The van der Waals surface area contributed by atoms with Gasteiger partial charge in [0.1, 0.15) is 0 Å². The van der Waals surface area contributed by atoms with E-state index in [1.165, 1.54) is 24.2 Å². The highest BCUT2D eigenvalue weighted by Crippen LogP contribution is 2.15. The van der Waals surface area contributed by atoms with Gasteiger partial charge in [-0.05, 0) is 50.4 Å². The molecule has 0 amide bonds. The number of aromatic nitrogens is 1. The molecule has 1 atom stereocenters. The van der Waals surface area contributed by atoms with Gasteiger partial charge in [-0.1, -0.05) is 6.07 Å². The van der Waals surface area contributed by atoms with Crippen LogP contribution in [0.2, 0.25) is 0 Å². The lowest BCUT2D eigenvalue weighted by atomic mass is 10.00. The quantitative estimate of drug-likeness (QED) is 0.739. The van der Waals surface area contributed by atoms with Crippen molar-refractivity contribution in [3.05, 3.63) is 29.6 Å². The number of hydrogen-bond donors (Lipinski definition) is 1. The lowest BCUT2D eigenvalue weighted by Crippen LogP contribution is -2.11. The van der Waals surface area contributed by atoms with Crippen LogP contribution in [0.1, 0.15) is 17.7 Å². The van der Waals surface area contributed by atoms with Crippen LogP contribution in [-0.2, 0) is 6.42 Å². The molecule has 70 valence electrons. The third-order valence-corrected chi connectivity index (χ3v) is 2.76. The Hall–Kier alpha value is -0.890. The Bertz CT molecular complexity index is 277. The molecule has 1 aliphatic rings. The molecule has 0 bridgehead atoms. The molecule has 1 aliphatic heterocycles. The summed E-state index contributed by atoms with van der Waals surface area (Å²) < 4.78 is 0. The largest absolute Gasteiger partial charge is 0.316 e. The van der Waals surface area contributed by atoms with Crippen LogP contribution in [0.4, 0.5) is 0 Å². The van der Waals surface area contributed by atoms with Crippen molar-refractivity contribution in [2.24, 2.45) is 5.92 Å². The Balaban J connectivity index is 2.04. The second-order valence-corrected chi connectivity index (χ2v) is 3.83. The molecule has 13 heavy (non-hydrogen) atoms. The minimum Gasteiger partial charge on any atom is -0.316 e. The first kappa shape index (κ1) is 8.70. The number of pyridine rings is 1. The average molecular weight is 176 g/mol. The smallest absolute Gasteiger partial charge is 0.0435 e. The van der Waals surface area contributed by atoms with Crippen molar-refractivity contribution < 1.29 is 0 Å². The van der Waals surface area contributed by atoms with E-state index in [-0.39, 0.29) is 0 Å². The van der Waals surface area contributed by atoms with E-state index < -0.39 is 0 Å². The van der Waals surface area contributed by atoms with Gasteiger partial charge in [-0.3, -0.25) is 4.98 Å². The molecule has 0 radical (unpaired) electrons. The number of nitrogens with zero attached hydrogens (tertiary/aromatic N) is 1. The molecule has 0 saturated carbocycles. The third-order valence-electron chi connectivity index (χ3n) is 2.76. The van der Waals surface area contributed by atoms with Crippen molar-refractivity contribution in [1.82, 2.24) is 10.3 Å². The molecule has 2 rings (SSSR count). The maximum absolute atomic E-state index is 4.41. The summed E-state index contributed by atoms with van der Waals surface area (Å²) in [5, 5.41) is 3.38. The van der Waals surface area contributed by atoms with E-state index in [4.69, 9.17) is 0 Å². The summed E-state index contributed by atoms with van der Waals surface area (Å²) in [7, 11) is 0. The van der Waals surface area contributed by atoms with Gasteiger partial charge in [0.15, 0.2) is 0 Å². The summed E-state index contributed by atoms with van der Waals surface area (Å²) in [6.07, 6.45) is 4.33. The van der Waals surface area contributed by atoms with Crippen molar-refractivity contribution in [3.8, 4) is 0 Å². The Morgan fingerprint density at radius 2 is 2.54 bits per heavy atom. The van der Waals surface area contributed by atoms with Gasteiger partial charge >= 0.3 is 0 Å². The summed E-state index contributed by atoms with van der Waals surface area (Å²) in [6, 6.07) is 4.15. The first-order chi connectivity index (χ1) is 6.36. The van der Waals surface area contributed by atoms with Crippen LogP contribution < -0.4 is 5.32 Å². The molecule has 1 aromatic heterocycles. The van der Waals surface area contributed by atoms with Crippen LogP contribution in [-0.4, -0.2) is 18.1 Å². The molecule has 1 saturated heterocycles. The number of aryl methyl sites for hydroxylation is 1. The van der Waals surface area contributed by atoms with Crippen LogP contribution in [0, 0.1) is 12.8 Å². The van der Waals surface area contributed by atoms with Gasteiger partial charge in [-0.2, -0.15) is 0 Å². The molecule has 2 nitrogen and oxygen atoms in total. The molecule has 2 heterocycles. The van der Waals surface area contributed by atoms with Crippen molar-refractivity contribution in [2.75, 3.05) is 13.1 Å². The molecule has 0 aromatic carbocycles. The first-order valence-electron chi connectivity index (χ1n) is 4.97. The van der Waals surface area contributed by atoms with Gasteiger partial charge < -0.3 is 5.32 Å². The van der Waals surface area contributed by atoms with Crippen LogP contribution in [0.25, 0.3) is 0 Å². The Kier molecular flexibility index (Phi) is 2.60. The summed E-state index contributed by atoms with van der Waals surface area (Å²) in [5.74, 6) is 0.800. The molecule has 1 aromatic rings. The predicted molar refractivity (Wildman–Crippen MR) is 53.7 cm³/mol. The SMILES string of the molecule is Cc1cccnc1CC1CCNC1. The van der Waals surface area contributed by atoms with E-state index >= 15 is 0 Å². The van der Waals surface area contributed by atoms with E-state index in [2.05, 4.69) is 23.3 Å². The number of nitrogens with one attached hydrogen (secondary N) is 1. The van der Waals surface area contributed by atoms with Crippen LogP contribution >= 0.6 is 0 Å². The zero-order valence-corrected chi connectivity index (χ0v) is 8.09. The standard InChI is InChI=1S/C11H16N2/c1-9-3-2-5-13-11(9)7-10-4-6-12-8-10/h2-3,5,10,12H,4,6-8H2,1H3. The fraction of sp³-hybridized carbons (Fsp3) is 0.545. The summed E-state index contributed by atoms with van der Waals surface area (Å²) in [5.41, 5.74) is 2.60. The zero-order chi connectivity index (χ0) is 9.10. The highest BCUT2D eigenvalue weighted by atomic mass is 14.9. The second-order valence-electron chi connectivity index (χ2n) is 3.83. The van der Waals surface area contributed by atoms with Crippen molar-refractivity contribution in [1.29, 1.82) is 0 Å². The topological polar surface area (TPSA) is 24.9 Å². The van der Waals surface area contributed by atoms with E-state index in [1.54, 1.807) is 0 Å². The van der Waals surface area contributed by atoms with Gasteiger partial charge in [0.25, 0.3) is 0 Å². The van der Waals surface area contributed by atoms with E-state index in [1.807, 2.05) is 12.3 Å². The fourth-order valence-corrected chi connectivity index (χ4v) is 1.89. The predicted octanol–water partition coefficient (Wildman–Crippen LogP) is 1.54. The zero-order valence-electron chi connectivity index (χ0n) is 8.09. The maximum Gasteiger partial charge on any atom is 0.0435 e. The normalized spacial score (nSPS) is 22.1. The van der Waals surface area contributed by atoms with Gasteiger partial charge in [-0.15, -0.1) is 0 Å². The fourth-order valence-electron chi connectivity index (χ4n) is 1.89. The van der Waals surface area contributed by atoms with Crippen LogP contribution in [0.5, 0.6) is 0 Å². The van der Waals surface area contributed by atoms with Crippen LogP contribution in [0.15, 0.2) is 18.3 Å². The molecular formula is C11H16N2. The summed E-state index contributed by atoms with van der Waals surface area (Å²) >= 11 is 0. The van der Waals surface area contributed by atoms with Gasteiger partial charge in [0, 0.05) is 11.9 Å². The highest BCUT2D eigenvalue weighted by molar-refractivity contribution is 5.18. The average Bonchev–Trinajstić information content (AvgIpc) is 2.61. The lowest BCUT2D eigenvalue weighted by molar-refractivity contribution is 0.570. The minimum absolute atomic E-state index is 0.800. The van der Waals surface area contributed by atoms with E-state index in [0.29, 0.717) is 0 Å². The van der Waals surface area contributed by atoms with Crippen molar-refractivity contribution in [2.45, 2.75) is 19.8 Å². The van der Waals surface area contributed by atoms with E-state index in [9.17, 15) is 0 Å². The molecule has 0 spiro atoms. The number of hydrogen-bond acceptors (Lipinski definition) is 2. The van der Waals surface area contributed by atoms with Crippen molar-refractivity contribution in [3.63, 3.8) is 0 Å². The lowest BCUT2D eigenvalue weighted by Gasteiger charge is -2.08.